The Labute approximate surface area is 209 Å². The Morgan fingerprint density at radius 1 is 1.03 bits per heavy atom. The smallest absolute Gasteiger partial charge is 0.336 e. The van der Waals surface area contributed by atoms with Gasteiger partial charge in [-0.15, -0.1) is 0 Å². The van der Waals surface area contributed by atoms with Crippen molar-refractivity contribution in [3.8, 4) is 0 Å². The zero-order valence-electron chi connectivity index (χ0n) is 20.7. The molecule has 4 rings (SSSR count). The first-order valence-electron chi connectivity index (χ1n) is 11.8. The molecule has 0 aliphatic carbocycles. The van der Waals surface area contributed by atoms with Crippen LogP contribution in [0.25, 0.3) is 0 Å². The van der Waals surface area contributed by atoms with Crippen molar-refractivity contribution in [3.05, 3.63) is 76.8 Å². The van der Waals surface area contributed by atoms with E-state index in [9.17, 15) is 14.4 Å². The number of piperazine rings is 1. The summed E-state index contributed by atoms with van der Waals surface area (Å²) in [4.78, 5) is 46.6. The van der Waals surface area contributed by atoms with Crippen molar-refractivity contribution in [3.63, 3.8) is 0 Å². The number of allylic oxidation sites excluding steroid dienone is 2. The van der Waals surface area contributed by atoms with Crippen LogP contribution in [0.15, 0.2) is 69.7 Å². The topological polar surface area (TPSA) is 114 Å². The molecule has 4 heterocycles. The summed E-state index contributed by atoms with van der Waals surface area (Å²) in [7, 11) is 1.31. The molecular weight excluding hydrogens is 464 g/mol. The molecule has 2 aromatic heterocycles. The monoisotopic (exact) mass is 494 g/mol. The lowest BCUT2D eigenvalue weighted by Gasteiger charge is -2.34. The van der Waals surface area contributed by atoms with E-state index in [4.69, 9.17) is 13.9 Å². The van der Waals surface area contributed by atoms with Crippen molar-refractivity contribution < 1.29 is 28.3 Å². The molecule has 0 radical (unpaired) electrons. The predicted octanol–water partition coefficient (Wildman–Crippen LogP) is 2.08. The van der Waals surface area contributed by atoms with E-state index in [1.54, 1.807) is 49.2 Å². The van der Waals surface area contributed by atoms with Crippen LogP contribution >= 0.6 is 0 Å². The largest absolute Gasteiger partial charge is 0.466 e. The van der Waals surface area contributed by atoms with Crippen LogP contribution in [0.4, 0.5) is 0 Å². The SMILES string of the molecule is COC(=O)C1=C(C)NC(C)=C(C(=O)OCCN2CCN(C(=O)c3ccco3)CC2)C1c1ccccn1. The Kier molecular flexibility index (Phi) is 7.84. The highest BCUT2D eigenvalue weighted by Gasteiger charge is 2.38. The normalized spacial score (nSPS) is 18.6. The maximum Gasteiger partial charge on any atom is 0.336 e. The lowest BCUT2D eigenvalue weighted by molar-refractivity contribution is -0.140. The van der Waals surface area contributed by atoms with Crippen molar-refractivity contribution in [2.24, 2.45) is 0 Å². The molecule has 0 spiro atoms. The Balaban J connectivity index is 1.38. The fourth-order valence-electron chi connectivity index (χ4n) is 4.56. The number of hydrogen-bond donors (Lipinski definition) is 1. The summed E-state index contributed by atoms with van der Waals surface area (Å²) in [5, 5.41) is 3.12. The molecule has 10 nitrogen and oxygen atoms in total. The first-order chi connectivity index (χ1) is 17.4. The van der Waals surface area contributed by atoms with Gasteiger partial charge in [0.2, 0.25) is 0 Å². The molecule has 10 heteroatoms. The highest BCUT2D eigenvalue weighted by atomic mass is 16.5. The summed E-state index contributed by atoms with van der Waals surface area (Å²) in [6.45, 7) is 6.71. The summed E-state index contributed by atoms with van der Waals surface area (Å²) in [6.07, 6.45) is 3.11. The Hall–Kier alpha value is -3.92. The molecule has 36 heavy (non-hydrogen) atoms. The molecule has 1 saturated heterocycles. The number of amides is 1. The van der Waals surface area contributed by atoms with Gasteiger partial charge in [0.15, 0.2) is 5.76 Å². The van der Waals surface area contributed by atoms with Gasteiger partial charge in [-0.25, -0.2) is 9.59 Å². The zero-order chi connectivity index (χ0) is 25.7. The summed E-state index contributed by atoms with van der Waals surface area (Å²) in [6, 6.07) is 8.71. The summed E-state index contributed by atoms with van der Waals surface area (Å²) < 4.78 is 15.9. The van der Waals surface area contributed by atoms with E-state index in [0.717, 1.165) is 0 Å². The van der Waals surface area contributed by atoms with Gasteiger partial charge in [-0.3, -0.25) is 14.7 Å². The van der Waals surface area contributed by atoms with Crippen LogP contribution in [0, 0.1) is 0 Å². The van der Waals surface area contributed by atoms with E-state index in [2.05, 4.69) is 15.2 Å². The number of esters is 2. The van der Waals surface area contributed by atoms with Crippen LogP contribution in [-0.4, -0.2) is 79.1 Å². The number of methoxy groups -OCH3 is 1. The minimum Gasteiger partial charge on any atom is -0.466 e. The Bertz CT molecular complexity index is 1160. The van der Waals surface area contributed by atoms with E-state index in [1.807, 2.05) is 6.07 Å². The molecule has 190 valence electrons. The van der Waals surface area contributed by atoms with Crippen LogP contribution in [0.5, 0.6) is 0 Å². The van der Waals surface area contributed by atoms with Crippen LogP contribution in [0.2, 0.25) is 0 Å². The molecule has 1 fully saturated rings. The van der Waals surface area contributed by atoms with Gasteiger partial charge in [0.1, 0.15) is 6.61 Å². The summed E-state index contributed by atoms with van der Waals surface area (Å²) in [5.41, 5.74) is 2.42. The van der Waals surface area contributed by atoms with Gasteiger partial charge in [-0.05, 0) is 38.1 Å². The fourth-order valence-corrected chi connectivity index (χ4v) is 4.56. The standard InChI is InChI=1S/C26H30N4O6/c1-17-21(25(32)34-3)23(19-7-4-5-9-27-19)22(18(2)28-17)26(33)36-16-14-29-10-12-30(13-11-29)24(31)20-8-6-15-35-20/h4-9,15,23,28H,10-14,16H2,1-3H3. The Morgan fingerprint density at radius 2 is 1.75 bits per heavy atom. The maximum absolute atomic E-state index is 13.3. The van der Waals surface area contributed by atoms with Crippen LogP contribution in [0.1, 0.15) is 36.0 Å². The molecule has 1 atom stereocenters. The number of nitrogens with zero attached hydrogens (tertiary/aromatic N) is 3. The summed E-state index contributed by atoms with van der Waals surface area (Å²) in [5.74, 6) is -1.54. The molecule has 2 aromatic rings. The number of carbonyl (C=O) groups excluding carboxylic acids is 3. The van der Waals surface area contributed by atoms with Gasteiger partial charge in [-0.2, -0.15) is 0 Å². The third-order valence-electron chi connectivity index (χ3n) is 6.40. The highest BCUT2D eigenvalue weighted by Crippen LogP contribution is 2.38. The molecule has 0 aromatic carbocycles. The number of furan rings is 1. The zero-order valence-corrected chi connectivity index (χ0v) is 20.7. The molecule has 0 saturated carbocycles. The molecule has 2 aliphatic heterocycles. The van der Waals surface area contributed by atoms with Gasteiger partial charge < -0.3 is 24.1 Å². The summed E-state index contributed by atoms with van der Waals surface area (Å²) >= 11 is 0. The average molecular weight is 495 g/mol. The first kappa shape index (κ1) is 25.2. The van der Waals surface area contributed by atoms with Crippen molar-refractivity contribution in [2.75, 3.05) is 46.4 Å². The number of nitrogens with one attached hydrogen (secondary N) is 1. The molecule has 2 aliphatic rings. The van der Waals surface area contributed by atoms with E-state index in [0.29, 0.717) is 66.7 Å². The van der Waals surface area contributed by atoms with Gasteiger partial charge in [-0.1, -0.05) is 6.07 Å². The van der Waals surface area contributed by atoms with Crippen molar-refractivity contribution in [1.29, 1.82) is 0 Å². The van der Waals surface area contributed by atoms with E-state index < -0.39 is 17.9 Å². The minimum absolute atomic E-state index is 0.122. The number of hydrogen-bond acceptors (Lipinski definition) is 9. The number of rotatable bonds is 7. The fraction of sp³-hybridized carbons (Fsp3) is 0.385. The van der Waals surface area contributed by atoms with E-state index in [-0.39, 0.29) is 12.5 Å². The van der Waals surface area contributed by atoms with E-state index in [1.165, 1.54) is 13.4 Å². The molecule has 1 unspecified atom stereocenters. The van der Waals surface area contributed by atoms with Crippen molar-refractivity contribution in [1.82, 2.24) is 20.1 Å². The lowest BCUT2D eigenvalue weighted by atomic mass is 9.83. The molecule has 1 amide bonds. The maximum atomic E-state index is 13.3. The number of dihydropyridines is 1. The first-order valence-corrected chi connectivity index (χ1v) is 11.8. The third-order valence-corrected chi connectivity index (χ3v) is 6.40. The second-order valence-corrected chi connectivity index (χ2v) is 8.63. The van der Waals surface area contributed by atoms with Gasteiger partial charge in [0, 0.05) is 50.3 Å². The van der Waals surface area contributed by atoms with Crippen LogP contribution in [-0.2, 0) is 19.1 Å². The number of ether oxygens (including phenoxy) is 2. The Morgan fingerprint density at radius 3 is 2.36 bits per heavy atom. The van der Waals surface area contributed by atoms with Gasteiger partial charge in [0.05, 0.1) is 36.1 Å². The van der Waals surface area contributed by atoms with Crippen LogP contribution in [0.3, 0.4) is 0 Å². The quantitative estimate of drug-likeness (QED) is 0.578. The van der Waals surface area contributed by atoms with Gasteiger partial charge >= 0.3 is 11.9 Å². The molecule has 0 bridgehead atoms. The minimum atomic E-state index is -0.705. The highest BCUT2D eigenvalue weighted by molar-refractivity contribution is 5.99. The second kappa shape index (κ2) is 11.2. The van der Waals surface area contributed by atoms with Crippen molar-refractivity contribution in [2.45, 2.75) is 19.8 Å². The lowest BCUT2D eigenvalue weighted by Crippen LogP contribution is -2.49. The average Bonchev–Trinajstić information content (AvgIpc) is 3.43. The second-order valence-electron chi connectivity index (χ2n) is 8.63. The predicted molar refractivity (Wildman–Crippen MR) is 130 cm³/mol. The number of aromatic nitrogens is 1. The number of carbonyl (C=O) groups is 3. The van der Waals surface area contributed by atoms with E-state index >= 15 is 0 Å². The number of pyridine rings is 1. The van der Waals surface area contributed by atoms with Crippen molar-refractivity contribution >= 4 is 17.8 Å². The van der Waals surface area contributed by atoms with Gasteiger partial charge in [0.25, 0.3) is 5.91 Å². The van der Waals surface area contributed by atoms with Crippen LogP contribution < -0.4 is 5.32 Å². The third kappa shape index (κ3) is 5.33. The molecular formula is C26H30N4O6. The molecule has 1 N–H and O–H groups in total.